The van der Waals surface area contributed by atoms with E-state index in [2.05, 4.69) is 5.32 Å². The lowest BCUT2D eigenvalue weighted by molar-refractivity contribution is -0.200. The molecule has 0 radical (unpaired) electrons. The molecule has 2 fully saturated rings. The molecule has 0 aromatic heterocycles. The zero-order chi connectivity index (χ0) is 25.9. The number of halogens is 3. The summed E-state index contributed by atoms with van der Waals surface area (Å²) in [6.45, 7) is 2.33. The molecular weight excluding hydrogens is 475 g/mol. The predicted octanol–water partition coefficient (Wildman–Crippen LogP) is 3.90. The van der Waals surface area contributed by atoms with Gasteiger partial charge in [-0.15, -0.1) is 0 Å². The van der Waals surface area contributed by atoms with Crippen LogP contribution in [-0.2, 0) is 33.7 Å². The highest BCUT2D eigenvalue weighted by Gasteiger charge is 2.51. The maximum atomic E-state index is 13.4. The molecule has 196 valence electrons. The van der Waals surface area contributed by atoms with Gasteiger partial charge in [0.25, 0.3) is 5.91 Å². The molecule has 2 aliphatic carbocycles. The van der Waals surface area contributed by atoms with Gasteiger partial charge in [0.15, 0.2) is 5.60 Å². The number of benzene rings is 2. The third-order valence-electron chi connectivity index (χ3n) is 6.82. The van der Waals surface area contributed by atoms with Crippen LogP contribution in [0.2, 0.25) is 0 Å². The molecule has 6 nitrogen and oxygen atoms in total. The Hall–Kier alpha value is -2.46. The lowest BCUT2D eigenvalue weighted by Gasteiger charge is -2.44. The number of hydrogen-bond acceptors (Lipinski definition) is 5. The maximum absolute atomic E-state index is 13.4. The normalized spacial score (nSPS) is 26.6. The van der Waals surface area contributed by atoms with E-state index < -0.39 is 35.7 Å². The zero-order valence-corrected chi connectivity index (χ0v) is 20.1. The average molecular weight is 508 g/mol. The van der Waals surface area contributed by atoms with Crippen molar-refractivity contribution in [1.82, 2.24) is 5.32 Å². The smallest absolute Gasteiger partial charge is 0.390 e. The molecule has 4 atom stereocenters. The zero-order valence-electron chi connectivity index (χ0n) is 20.1. The van der Waals surface area contributed by atoms with E-state index in [9.17, 15) is 28.2 Å². The van der Waals surface area contributed by atoms with Crippen LogP contribution in [0.4, 0.5) is 13.2 Å². The van der Waals surface area contributed by atoms with Crippen molar-refractivity contribution in [3.8, 4) is 0 Å². The highest BCUT2D eigenvalue weighted by Crippen LogP contribution is 2.37. The van der Waals surface area contributed by atoms with Crippen molar-refractivity contribution in [2.75, 3.05) is 6.54 Å². The summed E-state index contributed by atoms with van der Waals surface area (Å²) < 4.78 is 51.2. The third-order valence-corrected chi connectivity index (χ3v) is 6.82. The second kappa shape index (κ2) is 10.9. The Labute approximate surface area is 208 Å². The van der Waals surface area contributed by atoms with Crippen LogP contribution in [0.1, 0.15) is 47.9 Å². The Morgan fingerprint density at radius 2 is 1.75 bits per heavy atom. The number of alkyl halides is 3. The molecule has 0 aliphatic heterocycles. The second-order valence-corrected chi connectivity index (χ2v) is 9.94. The van der Waals surface area contributed by atoms with Gasteiger partial charge in [0.2, 0.25) is 0 Å². The number of rotatable bonds is 9. The van der Waals surface area contributed by atoms with Crippen molar-refractivity contribution < 1.29 is 37.7 Å². The number of aliphatic hydroxyl groups is 2. The topological polar surface area (TPSA) is 88.0 Å². The van der Waals surface area contributed by atoms with Crippen LogP contribution in [0, 0.1) is 12.8 Å². The predicted molar refractivity (Wildman–Crippen MR) is 126 cm³/mol. The fraction of sp³-hybridized carbons (Fsp3) is 0.519. The van der Waals surface area contributed by atoms with Crippen molar-refractivity contribution >= 4 is 5.91 Å². The molecule has 0 heterocycles. The molecule has 2 saturated carbocycles. The van der Waals surface area contributed by atoms with Crippen LogP contribution in [0.3, 0.4) is 0 Å². The van der Waals surface area contributed by atoms with Crippen molar-refractivity contribution in [2.45, 2.75) is 75.9 Å². The fourth-order valence-electron chi connectivity index (χ4n) is 4.55. The number of carbonyl (C=O) groups is 1. The van der Waals surface area contributed by atoms with E-state index in [1.54, 1.807) is 0 Å². The van der Waals surface area contributed by atoms with Crippen LogP contribution < -0.4 is 5.32 Å². The first kappa shape index (κ1) is 26.6. The molecule has 2 aliphatic rings. The van der Waals surface area contributed by atoms with Gasteiger partial charge >= 0.3 is 6.18 Å². The lowest BCUT2D eigenvalue weighted by Crippen LogP contribution is -2.60. The van der Waals surface area contributed by atoms with Crippen molar-refractivity contribution in [1.29, 1.82) is 0 Å². The van der Waals surface area contributed by atoms with Gasteiger partial charge < -0.3 is 25.0 Å². The van der Waals surface area contributed by atoms with Gasteiger partial charge in [0.05, 0.1) is 31.0 Å². The first-order valence-electron chi connectivity index (χ1n) is 12.2. The molecular formula is C27H32F3NO5. The van der Waals surface area contributed by atoms with E-state index in [0.717, 1.165) is 36.1 Å². The standard InChI is InChI=1S/C27H32F3NO5/c1-17-4-2-5-19(10-17)16-36-26(25(34)31-14-18-8-9-18)12-22(32)24(33)23(13-26)35-15-20-6-3-7-21(11-20)27(28,29)30/h2-7,10-11,18,22-24,32-33H,8-9,12-16H2,1H3,(H,31,34)/t22-,23?,24-,26+/m1/s1. The van der Waals surface area contributed by atoms with Crippen molar-refractivity contribution in [2.24, 2.45) is 5.92 Å². The molecule has 3 N–H and O–H groups in total. The largest absolute Gasteiger partial charge is 0.416 e. The SMILES string of the molecule is Cc1cccc(CO[C@]2(C(=O)NCC3CC3)CC(OCc3cccc(C(F)(F)F)c3)[C@H](O)[C@H](O)C2)c1. The summed E-state index contributed by atoms with van der Waals surface area (Å²) in [6.07, 6.45) is -6.23. The highest BCUT2D eigenvalue weighted by atomic mass is 19.4. The molecule has 0 bridgehead atoms. The molecule has 1 amide bonds. The number of carbonyl (C=O) groups excluding carboxylic acids is 1. The van der Waals surface area contributed by atoms with Crippen LogP contribution in [0.15, 0.2) is 48.5 Å². The number of nitrogens with one attached hydrogen (secondary N) is 1. The molecule has 36 heavy (non-hydrogen) atoms. The van der Waals surface area contributed by atoms with Gasteiger partial charge in [0, 0.05) is 19.4 Å². The number of aliphatic hydroxyl groups excluding tert-OH is 2. The van der Waals surface area contributed by atoms with E-state index in [1.807, 2.05) is 31.2 Å². The second-order valence-electron chi connectivity index (χ2n) is 9.94. The van der Waals surface area contributed by atoms with Crippen LogP contribution in [-0.4, -0.2) is 46.6 Å². The highest BCUT2D eigenvalue weighted by molar-refractivity contribution is 5.85. The Bertz CT molecular complexity index is 1060. The minimum absolute atomic E-state index is 0.0491. The van der Waals surface area contributed by atoms with Crippen molar-refractivity contribution in [3.63, 3.8) is 0 Å². The molecule has 0 saturated heterocycles. The molecule has 4 rings (SSSR count). The number of hydrogen-bond donors (Lipinski definition) is 3. The number of ether oxygens (including phenoxy) is 2. The van der Waals surface area contributed by atoms with Gasteiger partial charge in [-0.05, 0) is 48.9 Å². The first-order chi connectivity index (χ1) is 17.1. The molecule has 2 aromatic carbocycles. The number of aryl methyl sites for hydroxylation is 1. The van der Waals surface area contributed by atoms with E-state index in [0.29, 0.717) is 12.5 Å². The van der Waals surface area contributed by atoms with Crippen LogP contribution in [0.5, 0.6) is 0 Å². The Balaban J connectivity index is 1.51. The lowest BCUT2D eigenvalue weighted by atomic mass is 9.78. The average Bonchev–Trinajstić information content (AvgIpc) is 3.67. The van der Waals surface area contributed by atoms with Gasteiger partial charge in [-0.1, -0.05) is 42.0 Å². The van der Waals surface area contributed by atoms with E-state index in [-0.39, 0.29) is 37.5 Å². The Morgan fingerprint density at radius 1 is 1.06 bits per heavy atom. The quantitative estimate of drug-likeness (QED) is 0.479. The van der Waals surface area contributed by atoms with Gasteiger partial charge in [-0.25, -0.2) is 0 Å². The molecule has 9 heteroatoms. The minimum Gasteiger partial charge on any atom is -0.390 e. The summed E-state index contributed by atoms with van der Waals surface area (Å²) in [5.41, 5.74) is -0.115. The summed E-state index contributed by atoms with van der Waals surface area (Å²) in [5.74, 6) is 0.0375. The minimum atomic E-state index is -4.49. The summed E-state index contributed by atoms with van der Waals surface area (Å²) in [5, 5.41) is 24.2. The summed E-state index contributed by atoms with van der Waals surface area (Å²) >= 11 is 0. The third kappa shape index (κ3) is 6.64. The first-order valence-corrected chi connectivity index (χ1v) is 12.2. The summed E-state index contributed by atoms with van der Waals surface area (Å²) in [4.78, 5) is 13.4. The molecule has 2 aromatic rings. The maximum Gasteiger partial charge on any atom is 0.416 e. The Kier molecular flexibility index (Phi) is 8.04. The van der Waals surface area contributed by atoms with Gasteiger partial charge in [0.1, 0.15) is 6.10 Å². The van der Waals surface area contributed by atoms with E-state index >= 15 is 0 Å². The van der Waals surface area contributed by atoms with Gasteiger partial charge in [-0.3, -0.25) is 4.79 Å². The van der Waals surface area contributed by atoms with Crippen molar-refractivity contribution in [3.05, 3.63) is 70.8 Å². The van der Waals surface area contributed by atoms with E-state index in [4.69, 9.17) is 9.47 Å². The monoisotopic (exact) mass is 507 g/mol. The fourth-order valence-corrected chi connectivity index (χ4v) is 4.55. The Morgan fingerprint density at radius 3 is 2.42 bits per heavy atom. The molecule has 1 unspecified atom stereocenters. The summed E-state index contributed by atoms with van der Waals surface area (Å²) in [7, 11) is 0. The van der Waals surface area contributed by atoms with E-state index in [1.165, 1.54) is 12.1 Å². The van der Waals surface area contributed by atoms with Crippen LogP contribution in [0.25, 0.3) is 0 Å². The molecule has 0 spiro atoms. The summed E-state index contributed by atoms with van der Waals surface area (Å²) in [6, 6.07) is 12.4. The van der Waals surface area contributed by atoms with Gasteiger partial charge in [-0.2, -0.15) is 13.2 Å². The number of amides is 1. The van der Waals surface area contributed by atoms with Crippen LogP contribution >= 0.6 is 0 Å².